The number of piperazine rings is 1. The number of fused-ring (bicyclic) bond motifs is 2. The zero-order valence-corrected chi connectivity index (χ0v) is 19.6. The third-order valence-electron chi connectivity index (χ3n) is 6.23. The maximum Gasteiger partial charge on any atom is 0.255 e. The Morgan fingerprint density at radius 1 is 1.12 bits per heavy atom. The van der Waals surface area contributed by atoms with Crippen LogP contribution in [0.25, 0.3) is 11.1 Å². The number of aryl methyl sites for hydroxylation is 2. The quantitative estimate of drug-likeness (QED) is 0.790. The Morgan fingerprint density at radius 3 is 2.64 bits per heavy atom. The van der Waals surface area contributed by atoms with Crippen LogP contribution in [0.15, 0.2) is 66.3 Å². The highest BCUT2D eigenvalue weighted by molar-refractivity contribution is 5.99. The number of allylic oxidation sites excluding steroid dienone is 6. The molecule has 0 aromatic carbocycles. The second kappa shape index (κ2) is 8.48. The summed E-state index contributed by atoms with van der Waals surface area (Å²) in [6.45, 7) is 10.3. The third-order valence-corrected chi connectivity index (χ3v) is 6.23. The molecule has 1 saturated heterocycles. The van der Waals surface area contributed by atoms with E-state index < -0.39 is 0 Å². The summed E-state index contributed by atoms with van der Waals surface area (Å²) in [5.41, 5.74) is 6.37. The van der Waals surface area contributed by atoms with Crippen LogP contribution in [0.2, 0.25) is 0 Å². The molecule has 0 radical (unpaired) electrons. The number of rotatable bonds is 3. The highest BCUT2D eigenvalue weighted by Gasteiger charge is 2.25. The van der Waals surface area contributed by atoms with E-state index in [2.05, 4.69) is 42.0 Å². The highest BCUT2D eigenvalue weighted by Crippen LogP contribution is 2.26. The molecule has 5 heterocycles. The summed E-state index contributed by atoms with van der Waals surface area (Å²) in [6, 6.07) is 2.82. The van der Waals surface area contributed by atoms with Crippen molar-refractivity contribution in [2.24, 2.45) is 0 Å². The molecule has 1 amide bonds. The second-order valence-electron chi connectivity index (χ2n) is 9.06. The van der Waals surface area contributed by atoms with Crippen molar-refractivity contribution in [3.05, 3.63) is 83.4 Å². The number of hydrogen-bond donors (Lipinski definition) is 1. The predicted molar refractivity (Wildman–Crippen MR) is 130 cm³/mol. The van der Waals surface area contributed by atoms with Crippen molar-refractivity contribution < 1.29 is 4.79 Å². The summed E-state index contributed by atoms with van der Waals surface area (Å²) in [5.74, 6) is -0.0826. The van der Waals surface area contributed by atoms with E-state index in [0.29, 0.717) is 12.1 Å². The van der Waals surface area contributed by atoms with E-state index >= 15 is 0 Å². The van der Waals surface area contributed by atoms with Gasteiger partial charge in [0.15, 0.2) is 0 Å². The van der Waals surface area contributed by atoms with Gasteiger partial charge < -0.3 is 10.2 Å². The molecule has 0 spiro atoms. The zero-order valence-electron chi connectivity index (χ0n) is 19.6. The minimum Gasteiger partial charge on any atom is -0.367 e. The Balaban J connectivity index is 1.48. The van der Waals surface area contributed by atoms with Gasteiger partial charge in [-0.2, -0.15) is 5.10 Å². The first-order chi connectivity index (χ1) is 15.9. The van der Waals surface area contributed by atoms with Crippen molar-refractivity contribution in [2.45, 2.75) is 46.2 Å². The molecule has 7 heteroatoms. The largest absolute Gasteiger partial charge is 0.367 e. The van der Waals surface area contributed by atoms with Crippen LogP contribution in [-0.2, 0) is 11.2 Å². The molecule has 0 saturated carbocycles. The standard InChI is InChI=1S/C26H30N6O/c1-5-23-25-12-24(29-32(25)15-19(4)28-23)20-7-6-8-21-9-10-22(16-31(21)26(33)11-20)30-13-17(2)27-18(3)14-30/h6-12,15-18,27H,5,13-14H2,1-4H3/b7-6?,20-11?,21-8+/t17-,18+. The van der Waals surface area contributed by atoms with Gasteiger partial charge in [0.25, 0.3) is 5.91 Å². The Hall–Kier alpha value is -3.45. The summed E-state index contributed by atoms with van der Waals surface area (Å²) >= 11 is 0. The van der Waals surface area contributed by atoms with E-state index in [-0.39, 0.29) is 5.91 Å². The summed E-state index contributed by atoms with van der Waals surface area (Å²) in [5, 5.41) is 8.30. The Kier molecular flexibility index (Phi) is 5.50. The van der Waals surface area contributed by atoms with E-state index in [1.165, 1.54) is 0 Å². The minimum absolute atomic E-state index is 0.0826. The Morgan fingerprint density at radius 2 is 1.88 bits per heavy atom. The highest BCUT2D eigenvalue weighted by atomic mass is 16.2. The van der Waals surface area contributed by atoms with Crippen LogP contribution in [0.4, 0.5) is 0 Å². The van der Waals surface area contributed by atoms with E-state index in [1.807, 2.05) is 54.2 Å². The lowest BCUT2D eigenvalue weighted by atomic mass is 10.1. The molecule has 0 unspecified atom stereocenters. The number of hydrogen-bond acceptors (Lipinski definition) is 5. The van der Waals surface area contributed by atoms with Crippen molar-refractivity contribution >= 4 is 17.0 Å². The van der Waals surface area contributed by atoms with E-state index in [0.717, 1.165) is 59.1 Å². The van der Waals surface area contributed by atoms with E-state index in [1.54, 1.807) is 11.0 Å². The van der Waals surface area contributed by atoms with Gasteiger partial charge in [-0.25, -0.2) is 4.52 Å². The van der Waals surface area contributed by atoms with Crippen LogP contribution in [0.1, 0.15) is 37.9 Å². The average molecular weight is 443 g/mol. The molecule has 7 nitrogen and oxygen atoms in total. The van der Waals surface area contributed by atoms with E-state index in [9.17, 15) is 4.79 Å². The molecule has 2 aromatic heterocycles. The van der Waals surface area contributed by atoms with Crippen LogP contribution in [0.3, 0.4) is 0 Å². The number of nitrogens with one attached hydrogen (secondary N) is 1. The number of aromatic nitrogens is 3. The van der Waals surface area contributed by atoms with Gasteiger partial charge in [-0.05, 0) is 51.5 Å². The molecule has 1 N–H and O–H groups in total. The van der Waals surface area contributed by atoms with Gasteiger partial charge >= 0.3 is 0 Å². The molecule has 170 valence electrons. The normalized spacial score (nSPS) is 24.7. The fraction of sp³-hybridized carbons (Fsp3) is 0.346. The first-order valence-corrected chi connectivity index (χ1v) is 11.6. The van der Waals surface area contributed by atoms with Gasteiger partial charge in [0.1, 0.15) is 0 Å². The lowest BCUT2D eigenvalue weighted by molar-refractivity contribution is -0.122. The number of nitrogens with zero attached hydrogens (tertiary/aromatic N) is 5. The molecule has 2 aromatic rings. The van der Waals surface area contributed by atoms with Gasteiger partial charge in [-0.3, -0.25) is 14.7 Å². The monoisotopic (exact) mass is 442 g/mol. The van der Waals surface area contributed by atoms with Gasteiger partial charge in [0, 0.05) is 48.7 Å². The maximum absolute atomic E-state index is 13.4. The molecule has 3 aliphatic heterocycles. The summed E-state index contributed by atoms with van der Waals surface area (Å²) in [6.07, 6.45) is 16.4. The maximum atomic E-state index is 13.4. The molecule has 3 aliphatic rings. The van der Waals surface area contributed by atoms with Gasteiger partial charge in [-0.15, -0.1) is 0 Å². The van der Waals surface area contributed by atoms with Crippen molar-refractivity contribution in [3.63, 3.8) is 0 Å². The summed E-state index contributed by atoms with van der Waals surface area (Å²) in [4.78, 5) is 22.1. The summed E-state index contributed by atoms with van der Waals surface area (Å²) in [7, 11) is 0. The average Bonchev–Trinajstić information content (AvgIpc) is 3.19. The van der Waals surface area contributed by atoms with E-state index in [4.69, 9.17) is 5.10 Å². The number of carbonyl (C=O) groups excluding carboxylic acids is 1. The van der Waals surface area contributed by atoms with Crippen molar-refractivity contribution in [3.8, 4) is 0 Å². The van der Waals surface area contributed by atoms with Crippen molar-refractivity contribution in [1.82, 2.24) is 29.7 Å². The molecular formula is C26H30N6O. The molecule has 0 aliphatic carbocycles. The predicted octanol–water partition coefficient (Wildman–Crippen LogP) is 3.36. The number of carbonyl (C=O) groups is 1. The summed E-state index contributed by atoms with van der Waals surface area (Å²) < 4.78 is 1.87. The van der Waals surface area contributed by atoms with Crippen LogP contribution in [-0.4, -0.2) is 55.5 Å². The first-order valence-electron chi connectivity index (χ1n) is 11.6. The van der Waals surface area contributed by atoms with Crippen LogP contribution in [0, 0.1) is 6.92 Å². The first kappa shape index (κ1) is 21.4. The van der Waals surface area contributed by atoms with Crippen molar-refractivity contribution in [1.29, 1.82) is 0 Å². The lowest BCUT2D eigenvalue weighted by Gasteiger charge is -2.39. The fourth-order valence-electron chi connectivity index (χ4n) is 4.80. The molecule has 33 heavy (non-hydrogen) atoms. The zero-order chi connectivity index (χ0) is 23.1. The van der Waals surface area contributed by atoms with Crippen LogP contribution in [0.5, 0.6) is 0 Å². The Bertz CT molecular complexity index is 1250. The lowest BCUT2D eigenvalue weighted by Crippen LogP contribution is -2.53. The Labute approximate surface area is 194 Å². The minimum atomic E-state index is -0.0826. The SMILES string of the molecule is CCc1nc(C)cn2nc(C3=CC(=O)N4C=C(N5C[C@@H](C)N[C@@H](C)C5)C=C/C4=C\C=C3)cc12. The molecular weight excluding hydrogens is 412 g/mol. The van der Waals surface area contributed by atoms with Gasteiger partial charge in [0.05, 0.1) is 34.5 Å². The number of amides is 1. The molecule has 1 fully saturated rings. The molecule has 5 rings (SSSR count). The fourth-order valence-corrected chi connectivity index (χ4v) is 4.80. The topological polar surface area (TPSA) is 65.8 Å². The smallest absolute Gasteiger partial charge is 0.255 e. The second-order valence-corrected chi connectivity index (χ2v) is 9.06. The van der Waals surface area contributed by atoms with Crippen LogP contribution >= 0.6 is 0 Å². The van der Waals surface area contributed by atoms with Crippen LogP contribution < -0.4 is 5.32 Å². The molecule has 2 atom stereocenters. The van der Waals surface area contributed by atoms with Crippen molar-refractivity contribution in [2.75, 3.05) is 13.1 Å². The van der Waals surface area contributed by atoms with Gasteiger partial charge in [0.2, 0.25) is 0 Å². The molecule has 0 bridgehead atoms. The third kappa shape index (κ3) is 4.16. The van der Waals surface area contributed by atoms with Gasteiger partial charge in [-0.1, -0.05) is 19.1 Å².